The van der Waals surface area contributed by atoms with Crippen LogP contribution in [0.4, 0.5) is 5.82 Å². The first-order valence-electron chi connectivity index (χ1n) is 6.10. The van der Waals surface area contributed by atoms with Crippen molar-refractivity contribution in [2.24, 2.45) is 0 Å². The monoisotopic (exact) mass is 220 g/mol. The maximum atomic E-state index is 9.12. The number of rotatable bonds is 3. The van der Waals surface area contributed by atoms with Gasteiger partial charge in [0.25, 0.3) is 0 Å². The molecular formula is C13H20N2O. The Morgan fingerprint density at radius 3 is 2.94 bits per heavy atom. The number of hydrogen-bond donors (Lipinski definition) is 1. The van der Waals surface area contributed by atoms with Crippen LogP contribution in [0.25, 0.3) is 0 Å². The lowest BCUT2D eigenvalue weighted by molar-refractivity contribution is 0.280. The Balaban J connectivity index is 2.23. The van der Waals surface area contributed by atoms with E-state index < -0.39 is 0 Å². The van der Waals surface area contributed by atoms with Gasteiger partial charge in [-0.2, -0.15) is 0 Å². The Labute approximate surface area is 97.1 Å². The van der Waals surface area contributed by atoms with Crippen LogP contribution in [0.5, 0.6) is 0 Å². The summed E-state index contributed by atoms with van der Waals surface area (Å²) in [7, 11) is 0. The van der Waals surface area contributed by atoms with Gasteiger partial charge in [-0.15, -0.1) is 0 Å². The zero-order chi connectivity index (χ0) is 11.5. The molecule has 1 unspecified atom stereocenters. The van der Waals surface area contributed by atoms with Gasteiger partial charge in [-0.3, -0.25) is 0 Å². The third kappa shape index (κ3) is 2.05. The molecular weight excluding hydrogens is 200 g/mol. The number of hydrogen-bond acceptors (Lipinski definition) is 3. The van der Waals surface area contributed by atoms with Gasteiger partial charge in [0.05, 0.1) is 6.61 Å². The predicted molar refractivity (Wildman–Crippen MR) is 65.6 cm³/mol. The number of anilines is 1. The van der Waals surface area contributed by atoms with E-state index in [4.69, 9.17) is 5.11 Å². The SMILES string of the molecule is CCC1CCCN1c1ccc(CO)c(C)n1. The number of aliphatic hydroxyl groups is 1. The van der Waals surface area contributed by atoms with E-state index in [0.717, 1.165) is 23.6 Å². The lowest BCUT2D eigenvalue weighted by atomic mass is 10.1. The number of aliphatic hydroxyl groups excluding tert-OH is 1. The van der Waals surface area contributed by atoms with Crippen molar-refractivity contribution in [1.29, 1.82) is 0 Å². The summed E-state index contributed by atoms with van der Waals surface area (Å²) in [5.74, 6) is 1.07. The molecule has 3 heteroatoms. The van der Waals surface area contributed by atoms with Crippen LogP contribution in [0.1, 0.15) is 37.4 Å². The molecule has 1 N–H and O–H groups in total. The van der Waals surface area contributed by atoms with Crippen LogP contribution in [0.3, 0.4) is 0 Å². The molecule has 1 aromatic heterocycles. The average molecular weight is 220 g/mol. The molecule has 2 rings (SSSR count). The number of nitrogens with zero attached hydrogens (tertiary/aromatic N) is 2. The van der Waals surface area contributed by atoms with Crippen LogP contribution in [-0.2, 0) is 6.61 Å². The highest BCUT2D eigenvalue weighted by Crippen LogP contribution is 2.26. The van der Waals surface area contributed by atoms with Crippen LogP contribution >= 0.6 is 0 Å². The summed E-state index contributed by atoms with van der Waals surface area (Å²) in [6, 6.07) is 4.67. The Morgan fingerprint density at radius 2 is 2.31 bits per heavy atom. The first kappa shape index (κ1) is 11.4. The van der Waals surface area contributed by atoms with E-state index in [1.807, 2.05) is 19.1 Å². The lowest BCUT2D eigenvalue weighted by Crippen LogP contribution is -2.29. The van der Waals surface area contributed by atoms with E-state index in [0.29, 0.717) is 6.04 Å². The molecule has 0 aliphatic carbocycles. The maximum Gasteiger partial charge on any atom is 0.129 e. The molecule has 0 bridgehead atoms. The number of aromatic nitrogens is 1. The van der Waals surface area contributed by atoms with E-state index in [9.17, 15) is 0 Å². The van der Waals surface area contributed by atoms with Gasteiger partial charge >= 0.3 is 0 Å². The number of pyridine rings is 1. The third-order valence-electron chi connectivity index (χ3n) is 3.49. The highest BCUT2D eigenvalue weighted by Gasteiger charge is 2.23. The summed E-state index contributed by atoms with van der Waals surface area (Å²) >= 11 is 0. The summed E-state index contributed by atoms with van der Waals surface area (Å²) in [6.45, 7) is 5.39. The van der Waals surface area contributed by atoms with Gasteiger partial charge in [0.2, 0.25) is 0 Å². The van der Waals surface area contributed by atoms with Crippen LogP contribution in [0.15, 0.2) is 12.1 Å². The topological polar surface area (TPSA) is 36.4 Å². The van der Waals surface area contributed by atoms with Gasteiger partial charge in [0.1, 0.15) is 5.82 Å². The van der Waals surface area contributed by atoms with Gasteiger partial charge in [-0.1, -0.05) is 13.0 Å². The first-order chi connectivity index (χ1) is 7.76. The molecule has 1 saturated heterocycles. The molecule has 0 amide bonds. The lowest BCUT2D eigenvalue weighted by Gasteiger charge is -2.25. The summed E-state index contributed by atoms with van der Waals surface area (Å²) in [6.07, 6.45) is 3.72. The van der Waals surface area contributed by atoms with E-state index in [1.165, 1.54) is 19.3 Å². The van der Waals surface area contributed by atoms with Crippen molar-refractivity contribution in [2.45, 2.75) is 45.8 Å². The van der Waals surface area contributed by atoms with Crippen molar-refractivity contribution >= 4 is 5.82 Å². The van der Waals surface area contributed by atoms with Crippen molar-refractivity contribution in [3.63, 3.8) is 0 Å². The molecule has 0 aromatic carbocycles. The zero-order valence-electron chi connectivity index (χ0n) is 10.1. The standard InChI is InChI=1S/C13H20N2O/c1-3-12-5-4-8-15(12)13-7-6-11(9-16)10(2)14-13/h6-7,12,16H,3-5,8-9H2,1-2H3. The van der Waals surface area contributed by atoms with Gasteiger partial charge in [0, 0.05) is 18.3 Å². The van der Waals surface area contributed by atoms with Crippen molar-refractivity contribution in [2.75, 3.05) is 11.4 Å². The number of aryl methyl sites for hydroxylation is 1. The predicted octanol–water partition coefficient (Wildman–Crippen LogP) is 2.26. The van der Waals surface area contributed by atoms with Gasteiger partial charge in [-0.05, 0) is 37.8 Å². The molecule has 0 radical (unpaired) electrons. The highest BCUT2D eigenvalue weighted by molar-refractivity contribution is 5.43. The third-order valence-corrected chi connectivity index (χ3v) is 3.49. The smallest absolute Gasteiger partial charge is 0.129 e. The average Bonchev–Trinajstić information content (AvgIpc) is 2.77. The van der Waals surface area contributed by atoms with Crippen molar-refractivity contribution < 1.29 is 5.11 Å². The first-order valence-corrected chi connectivity index (χ1v) is 6.10. The van der Waals surface area contributed by atoms with Crippen molar-refractivity contribution in [1.82, 2.24) is 4.98 Å². The van der Waals surface area contributed by atoms with E-state index in [2.05, 4.69) is 16.8 Å². The second-order valence-electron chi connectivity index (χ2n) is 4.47. The fraction of sp³-hybridized carbons (Fsp3) is 0.615. The molecule has 1 aliphatic rings. The van der Waals surface area contributed by atoms with Crippen LogP contribution in [0, 0.1) is 6.92 Å². The molecule has 0 spiro atoms. The molecule has 1 atom stereocenters. The Bertz CT molecular complexity index is 365. The van der Waals surface area contributed by atoms with Crippen LogP contribution in [0.2, 0.25) is 0 Å². The summed E-state index contributed by atoms with van der Waals surface area (Å²) in [4.78, 5) is 6.99. The Hall–Kier alpha value is -1.09. The van der Waals surface area contributed by atoms with E-state index in [1.54, 1.807) is 0 Å². The Kier molecular flexibility index (Phi) is 3.44. The van der Waals surface area contributed by atoms with E-state index >= 15 is 0 Å². The minimum absolute atomic E-state index is 0.0797. The molecule has 0 saturated carbocycles. The molecule has 16 heavy (non-hydrogen) atoms. The zero-order valence-corrected chi connectivity index (χ0v) is 10.1. The van der Waals surface area contributed by atoms with Crippen molar-refractivity contribution in [3.8, 4) is 0 Å². The van der Waals surface area contributed by atoms with Gasteiger partial charge in [-0.25, -0.2) is 4.98 Å². The second kappa shape index (κ2) is 4.83. The highest BCUT2D eigenvalue weighted by atomic mass is 16.3. The van der Waals surface area contributed by atoms with E-state index in [-0.39, 0.29) is 6.61 Å². The Morgan fingerprint density at radius 1 is 1.50 bits per heavy atom. The molecule has 1 aromatic rings. The van der Waals surface area contributed by atoms with Gasteiger partial charge in [0.15, 0.2) is 0 Å². The molecule has 3 nitrogen and oxygen atoms in total. The largest absolute Gasteiger partial charge is 0.392 e. The maximum absolute atomic E-state index is 9.12. The minimum Gasteiger partial charge on any atom is -0.392 e. The normalized spacial score (nSPS) is 20.4. The van der Waals surface area contributed by atoms with Crippen LogP contribution in [-0.4, -0.2) is 22.7 Å². The molecule has 1 aliphatic heterocycles. The summed E-state index contributed by atoms with van der Waals surface area (Å²) < 4.78 is 0. The second-order valence-corrected chi connectivity index (χ2v) is 4.47. The van der Waals surface area contributed by atoms with Gasteiger partial charge < -0.3 is 10.0 Å². The quantitative estimate of drug-likeness (QED) is 0.849. The fourth-order valence-electron chi connectivity index (χ4n) is 2.47. The van der Waals surface area contributed by atoms with Crippen LogP contribution < -0.4 is 4.90 Å². The minimum atomic E-state index is 0.0797. The fourth-order valence-corrected chi connectivity index (χ4v) is 2.47. The summed E-state index contributed by atoms with van der Waals surface area (Å²) in [5.41, 5.74) is 1.87. The summed E-state index contributed by atoms with van der Waals surface area (Å²) in [5, 5.41) is 9.12. The molecule has 1 fully saturated rings. The molecule has 2 heterocycles. The molecule has 88 valence electrons. The van der Waals surface area contributed by atoms with Crippen molar-refractivity contribution in [3.05, 3.63) is 23.4 Å².